The van der Waals surface area contributed by atoms with Crippen molar-refractivity contribution < 1.29 is 66.6 Å². The molecule has 0 unspecified atom stereocenters. The number of nitrogens with zero attached hydrogens (tertiary/aromatic N) is 6. The molecule has 2 fully saturated rings. The molecule has 2 aliphatic rings. The van der Waals surface area contributed by atoms with Crippen molar-refractivity contribution in [2.24, 2.45) is 0 Å². The minimum Gasteiger partial charge on any atom is -0.486 e. The molecule has 24 heteroatoms. The summed E-state index contributed by atoms with van der Waals surface area (Å²) in [7, 11) is -8.56. The van der Waals surface area contributed by atoms with E-state index in [-0.39, 0.29) is 79.9 Å². The van der Waals surface area contributed by atoms with Gasteiger partial charge in [0.25, 0.3) is 0 Å². The van der Waals surface area contributed by atoms with Crippen LogP contribution in [0.3, 0.4) is 0 Å². The molecular weight excluding hydrogens is 1040 g/mol. The summed E-state index contributed by atoms with van der Waals surface area (Å²) >= 11 is 0. The van der Waals surface area contributed by atoms with E-state index in [1.165, 1.54) is 38.1 Å². The largest absolute Gasteiger partial charge is 0.486 e. The van der Waals surface area contributed by atoms with Crippen LogP contribution in [-0.2, 0) is 55.8 Å². The summed E-state index contributed by atoms with van der Waals surface area (Å²) in [5.41, 5.74) is 2.58. The normalized spacial score (nSPS) is 19.9. The molecule has 2 saturated heterocycles. The predicted octanol–water partition coefficient (Wildman–Crippen LogP) is 8.25. The fourth-order valence-corrected chi connectivity index (χ4v) is 11.9. The van der Waals surface area contributed by atoms with Gasteiger partial charge in [-0.15, -0.1) is 0 Å². The number of halogens is 7. The maximum Gasteiger partial charge on any atom is 0.244 e. The molecule has 400 valence electrons. The van der Waals surface area contributed by atoms with Crippen LogP contribution >= 0.6 is 0 Å². The number of alkyl halides is 2. The zero-order valence-electron chi connectivity index (χ0n) is 39.7. The number of ether oxygens (including phenoxy) is 2. The number of pyridine rings is 4. The number of carbonyl (C=O) groups excluding carboxylic acids is 2. The minimum atomic E-state index is -4.29. The lowest BCUT2D eigenvalue weighted by Gasteiger charge is -2.26. The van der Waals surface area contributed by atoms with Gasteiger partial charge in [0.1, 0.15) is 49.1 Å². The second kappa shape index (κ2) is 24.6. The Bertz CT molecular complexity index is 3190. The van der Waals surface area contributed by atoms with E-state index < -0.39 is 97.3 Å². The van der Waals surface area contributed by atoms with Crippen molar-refractivity contribution in [1.82, 2.24) is 33.9 Å². The first-order chi connectivity index (χ1) is 35.1. The lowest BCUT2D eigenvalue weighted by atomic mass is 10.0. The number of sulfonamides is 2. The Labute approximate surface area is 429 Å². The standard InChI is InChI=1S/C25H23F4N3O4S.C25H25F3N4O4S.CH4/c1-15-21(28)11-23(32(15)37(34,35)20-7-3-16(26)4-8-20)24(33)9-6-18-10-25(22(29)13-31-18)36-14-19-5-2-17(27)12-30-19;1-15-7-17(11-29-10-15)14-36-24-8-19(30-13-22(24)28)12-31-25(33)23-9-21(27)16(2)32(23)37(34,35)20-5-3-18(26)4-6-20;/h2-5,7-8,10,12-13,15,21,23H,6,9,11,14H2,1H3;3-8,10-11,13,16,21,23H,9,12,14H2,1-2H3,(H,31,33);1H4/t15-,21+,23-;16-,21+,23-;/m00./s1. The van der Waals surface area contributed by atoms with E-state index in [4.69, 9.17) is 9.47 Å². The highest BCUT2D eigenvalue weighted by molar-refractivity contribution is 7.89. The second-order valence-corrected chi connectivity index (χ2v) is 21.1. The summed E-state index contributed by atoms with van der Waals surface area (Å²) < 4.78 is 162. The maximum absolute atomic E-state index is 14.6. The first kappa shape index (κ1) is 57.4. The highest BCUT2D eigenvalue weighted by atomic mass is 32.2. The Balaban J connectivity index is 0.000000241. The Kier molecular flexibility index (Phi) is 18.9. The van der Waals surface area contributed by atoms with Crippen molar-refractivity contribution in [3.63, 3.8) is 0 Å². The van der Waals surface area contributed by atoms with Gasteiger partial charge >= 0.3 is 0 Å². The molecule has 6 atom stereocenters. The number of benzene rings is 2. The Morgan fingerprint density at radius 1 is 0.627 bits per heavy atom. The van der Waals surface area contributed by atoms with E-state index in [9.17, 15) is 57.2 Å². The van der Waals surface area contributed by atoms with Crippen molar-refractivity contribution in [3.05, 3.63) is 167 Å². The van der Waals surface area contributed by atoms with Crippen LogP contribution in [-0.4, -0.2) is 93.6 Å². The zero-order valence-corrected chi connectivity index (χ0v) is 41.4. The number of aromatic nitrogens is 4. The number of aryl methyl sites for hydroxylation is 2. The molecule has 75 heavy (non-hydrogen) atoms. The van der Waals surface area contributed by atoms with Crippen molar-refractivity contribution in [3.8, 4) is 11.5 Å². The van der Waals surface area contributed by atoms with Gasteiger partial charge in [-0.05, 0) is 99.5 Å². The van der Waals surface area contributed by atoms with E-state index in [0.29, 0.717) is 11.4 Å². The van der Waals surface area contributed by atoms with Gasteiger partial charge in [0, 0.05) is 55.0 Å². The summed E-state index contributed by atoms with van der Waals surface area (Å²) in [5, 5.41) is 2.55. The second-order valence-electron chi connectivity index (χ2n) is 17.4. The van der Waals surface area contributed by atoms with E-state index in [1.54, 1.807) is 12.4 Å². The zero-order chi connectivity index (χ0) is 53.5. The number of carbonyl (C=O) groups is 2. The van der Waals surface area contributed by atoms with Gasteiger partial charge in [0.05, 0.1) is 64.4 Å². The molecule has 0 bridgehead atoms. The Morgan fingerprint density at radius 3 is 1.67 bits per heavy atom. The average molecular weight is 1090 g/mol. The van der Waals surface area contributed by atoms with Crippen LogP contribution in [0.5, 0.6) is 11.5 Å². The van der Waals surface area contributed by atoms with Crippen molar-refractivity contribution in [1.29, 1.82) is 0 Å². The topological polar surface area (TPSA) is 191 Å². The average Bonchev–Trinajstić information content (AvgIpc) is 3.86. The fourth-order valence-electron chi connectivity index (χ4n) is 8.23. The van der Waals surface area contributed by atoms with E-state index in [0.717, 1.165) is 86.9 Å². The molecule has 2 aliphatic heterocycles. The van der Waals surface area contributed by atoms with Crippen LogP contribution in [0.25, 0.3) is 0 Å². The van der Waals surface area contributed by atoms with Crippen LogP contribution in [0.1, 0.15) is 68.7 Å². The molecule has 8 rings (SSSR count). The van der Waals surface area contributed by atoms with E-state index >= 15 is 0 Å². The van der Waals surface area contributed by atoms with Crippen molar-refractivity contribution in [2.45, 2.75) is 120 Å². The molecular formula is C51H52F7N7O8S2. The SMILES string of the molecule is C.C[C@H]1[C@H](F)C[C@@H](C(=O)CCc2cc(OCc3ccc(F)cn3)c(F)cn2)N1S(=O)(=O)c1ccc(F)cc1.Cc1cncc(COc2cc(CNC(=O)[C@@H]3C[C@@H](F)[C@H](C)N3S(=O)(=O)c3ccc(F)cc3)ncc2F)c1. The van der Waals surface area contributed by atoms with Gasteiger partial charge in [0.15, 0.2) is 28.9 Å². The van der Waals surface area contributed by atoms with Crippen molar-refractivity contribution >= 4 is 31.7 Å². The third-order valence-electron chi connectivity index (χ3n) is 12.1. The smallest absolute Gasteiger partial charge is 0.244 e. The Hall–Kier alpha value is -6.89. The molecule has 15 nitrogen and oxygen atoms in total. The molecule has 1 N–H and O–H groups in total. The third-order valence-corrected chi connectivity index (χ3v) is 16.1. The molecule has 2 aromatic carbocycles. The number of nitrogens with one attached hydrogen (secondary N) is 1. The number of Topliss-reactive ketones (excluding diaryl/α,β-unsaturated/α-hetero) is 1. The summed E-state index contributed by atoms with van der Waals surface area (Å²) in [6, 6.07) is 10.4. The number of hydrogen-bond acceptors (Lipinski definition) is 12. The molecule has 4 aromatic heterocycles. The number of ketones is 1. The molecule has 6 heterocycles. The molecule has 0 spiro atoms. The molecule has 1 amide bonds. The molecule has 6 aromatic rings. The molecule has 0 aliphatic carbocycles. The number of rotatable bonds is 17. The monoisotopic (exact) mass is 1090 g/mol. The van der Waals surface area contributed by atoms with Gasteiger partial charge in [-0.3, -0.25) is 29.5 Å². The first-order valence-corrected chi connectivity index (χ1v) is 25.7. The first-order valence-electron chi connectivity index (χ1n) is 22.8. The van der Waals surface area contributed by atoms with Crippen LogP contribution in [0, 0.1) is 36.0 Å². The van der Waals surface area contributed by atoms with Gasteiger partial charge in [-0.1, -0.05) is 7.43 Å². The molecule has 0 saturated carbocycles. The quantitative estimate of drug-likeness (QED) is 0.0862. The lowest BCUT2D eigenvalue weighted by molar-refractivity contribution is -0.124. The summed E-state index contributed by atoms with van der Waals surface area (Å²) in [4.78, 5) is 41.3. The fraction of sp³-hybridized carbons (Fsp3) is 0.333. The molecule has 0 radical (unpaired) electrons. The van der Waals surface area contributed by atoms with Gasteiger partial charge in [-0.25, -0.2) is 47.6 Å². The minimum absolute atomic E-state index is 0. The van der Waals surface area contributed by atoms with E-state index in [1.807, 2.05) is 13.0 Å². The van der Waals surface area contributed by atoms with Gasteiger partial charge in [0.2, 0.25) is 26.0 Å². The van der Waals surface area contributed by atoms with Gasteiger partial charge in [-0.2, -0.15) is 8.61 Å². The number of hydrogen-bond donors (Lipinski definition) is 1. The highest BCUT2D eigenvalue weighted by Gasteiger charge is 2.50. The number of amides is 1. The van der Waals surface area contributed by atoms with Crippen LogP contribution in [0.2, 0.25) is 0 Å². The van der Waals surface area contributed by atoms with Crippen LogP contribution in [0.4, 0.5) is 30.7 Å². The van der Waals surface area contributed by atoms with Crippen LogP contribution < -0.4 is 14.8 Å². The predicted molar refractivity (Wildman–Crippen MR) is 259 cm³/mol. The highest BCUT2D eigenvalue weighted by Crippen LogP contribution is 2.36. The lowest BCUT2D eigenvalue weighted by Crippen LogP contribution is -2.48. The summed E-state index contributed by atoms with van der Waals surface area (Å²) in [5.74, 6) is -4.73. The van der Waals surface area contributed by atoms with Crippen molar-refractivity contribution in [2.75, 3.05) is 0 Å². The maximum atomic E-state index is 14.6. The van der Waals surface area contributed by atoms with Crippen LogP contribution in [0.15, 0.2) is 120 Å². The Morgan fingerprint density at radius 2 is 1.12 bits per heavy atom. The third kappa shape index (κ3) is 13.9. The van der Waals surface area contributed by atoms with E-state index in [2.05, 4.69) is 25.3 Å². The summed E-state index contributed by atoms with van der Waals surface area (Å²) in [6.45, 7) is 4.37. The van der Waals surface area contributed by atoms with Gasteiger partial charge < -0.3 is 14.8 Å². The summed E-state index contributed by atoms with van der Waals surface area (Å²) in [6.07, 6.45) is 2.20.